The normalized spacial score (nSPS) is 11.5. The number of nitrogens with one attached hydrogen (secondary N) is 1. The van der Waals surface area contributed by atoms with E-state index in [-0.39, 0.29) is 30.2 Å². The van der Waals surface area contributed by atoms with Crippen LogP contribution in [-0.4, -0.2) is 46.7 Å². The van der Waals surface area contributed by atoms with E-state index < -0.39 is 12.0 Å². The number of phenolic OH excluding ortho intramolecular Hbond substituents is 2. The zero-order valence-electron chi connectivity index (χ0n) is 13.4. The monoisotopic (exact) mass is 371 g/mol. The molecule has 0 heterocycles. The van der Waals surface area contributed by atoms with Gasteiger partial charge in [0.15, 0.2) is 11.5 Å². The van der Waals surface area contributed by atoms with Crippen LogP contribution in [0.15, 0.2) is 30.9 Å². The minimum Gasteiger partial charge on any atom is -0.504 e. The van der Waals surface area contributed by atoms with Crippen LogP contribution in [0, 0.1) is 0 Å². The third kappa shape index (κ3) is 7.18. The molecule has 0 aliphatic carbocycles. The van der Waals surface area contributed by atoms with Gasteiger partial charge in [-0.1, -0.05) is 33.7 Å². The van der Waals surface area contributed by atoms with Crippen LogP contribution in [0.5, 0.6) is 11.5 Å². The Labute approximate surface area is 149 Å². The highest BCUT2D eigenvalue weighted by atomic mass is 33.1. The lowest BCUT2D eigenvalue weighted by molar-refractivity contribution is -0.145. The standard InChI is InChI=1S/C16H21NO5S2/c1-3-7-23-24-8-6-15(20)17-12(16(21)22-2)9-11-4-5-13(18)14(19)10-11/h3-5,10,12,18-19H,1,6-9H2,2H3,(H,17,20)/t12-/m0/s1. The zero-order valence-corrected chi connectivity index (χ0v) is 15.0. The van der Waals surface area contributed by atoms with E-state index in [0.717, 1.165) is 5.75 Å². The molecule has 1 rings (SSSR count). The summed E-state index contributed by atoms with van der Waals surface area (Å²) >= 11 is 0. The van der Waals surface area contributed by atoms with Gasteiger partial charge in [0.25, 0.3) is 0 Å². The van der Waals surface area contributed by atoms with E-state index in [1.807, 2.05) is 0 Å². The summed E-state index contributed by atoms with van der Waals surface area (Å²) in [6.07, 6.45) is 2.23. The van der Waals surface area contributed by atoms with Crippen molar-refractivity contribution in [2.45, 2.75) is 18.9 Å². The topological polar surface area (TPSA) is 95.9 Å². The second-order valence-electron chi connectivity index (χ2n) is 4.82. The van der Waals surface area contributed by atoms with Crippen molar-refractivity contribution in [3.63, 3.8) is 0 Å². The first kappa shape index (κ1) is 20.2. The van der Waals surface area contributed by atoms with Gasteiger partial charge in [0.2, 0.25) is 5.91 Å². The van der Waals surface area contributed by atoms with Crippen LogP contribution in [0.1, 0.15) is 12.0 Å². The van der Waals surface area contributed by atoms with Crippen LogP contribution >= 0.6 is 21.6 Å². The van der Waals surface area contributed by atoms with Crippen molar-refractivity contribution >= 4 is 33.5 Å². The molecule has 0 unspecified atom stereocenters. The molecule has 0 bridgehead atoms. The number of amides is 1. The van der Waals surface area contributed by atoms with E-state index >= 15 is 0 Å². The van der Waals surface area contributed by atoms with Crippen LogP contribution in [0.3, 0.4) is 0 Å². The van der Waals surface area contributed by atoms with Gasteiger partial charge < -0.3 is 20.3 Å². The number of carbonyl (C=O) groups excluding carboxylic acids is 2. The van der Waals surface area contributed by atoms with Crippen LogP contribution in [0.25, 0.3) is 0 Å². The van der Waals surface area contributed by atoms with Crippen LogP contribution in [0.2, 0.25) is 0 Å². The smallest absolute Gasteiger partial charge is 0.328 e. The Morgan fingerprint density at radius 2 is 2.08 bits per heavy atom. The SMILES string of the molecule is C=CCSSCCC(=O)N[C@@H](Cc1ccc(O)c(O)c1)C(=O)OC. The van der Waals surface area contributed by atoms with E-state index in [1.165, 1.54) is 19.2 Å². The predicted octanol–water partition coefficient (Wildman–Crippen LogP) is 2.26. The molecule has 3 N–H and O–H groups in total. The Balaban J connectivity index is 2.58. The molecule has 1 aromatic rings. The molecule has 6 nitrogen and oxygen atoms in total. The van der Waals surface area contributed by atoms with E-state index in [0.29, 0.717) is 11.3 Å². The molecule has 0 saturated carbocycles. The van der Waals surface area contributed by atoms with Crippen LogP contribution < -0.4 is 5.32 Å². The average Bonchev–Trinajstić information content (AvgIpc) is 2.56. The number of aromatic hydroxyl groups is 2. The average molecular weight is 371 g/mol. The van der Waals surface area contributed by atoms with Crippen molar-refractivity contribution in [2.24, 2.45) is 0 Å². The Morgan fingerprint density at radius 1 is 1.33 bits per heavy atom. The van der Waals surface area contributed by atoms with E-state index in [2.05, 4.69) is 11.9 Å². The number of carbonyl (C=O) groups is 2. The molecule has 24 heavy (non-hydrogen) atoms. The molecule has 132 valence electrons. The van der Waals surface area contributed by atoms with Crippen molar-refractivity contribution in [3.05, 3.63) is 36.4 Å². The Bertz CT molecular complexity index is 580. The van der Waals surface area contributed by atoms with Crippen molar-refractivity contribution in [1.82, 2.24) is 5.32 Å². The first-order chi connectivity index (χ1) is 11.5. The molecule has 8 heteroatoms. The summed E-state index contributed by atoms with van der Waals surface area (Å²) < 4.78 is 4.71. The van der Waals surface area contributed by atoms with E-state index in [4.69, 9.17) is 4.74 Å². The number of hydrogen-bond acceptors (Lipinski definition) is 7. The molecule has 0 aliphatic heterocycles. The summed E-state index contributed by atoms with van der Waals surface area (Å²) in [6.45, 7) is 3.61. The number of rotatable bonds is 10. The maximum atomic E-state index is 12.0. The fraction of sp³-hybridized carbons (Fsp3) is 0.375. The molecule has 1 amide bonds. The van der Waals surface area contributed by atoms with Gasteiger partial charge >= 0.3 is 5.97 Å². The number of phenols is 2. The highest BCUT2D eigenvalue weighted by Gasteiger charge is 2.22. The third-order valence-electron chi connectivity index (χ3n) is 2.98. The summed E-state index contributed by atoms with van der Waals surface area (Å²) in [5, 5.41) is 21.5. The minimum atomic E-state index is -0.850. The van der Waals surface area contributed by atoms with Gasteiger partial charge in [-0.25, -0.2) is 4.79 Å². The van der Waals surface area contributed by atoms with Gasteiger partial charge in [0.1, 0.15) is 6.04 Å². The van der Waals surface area contributed by atoms with Crippen molar-refractivity contribution in [2.75, 3.05) is 18.6 Å². The molecule has 0 radical (unpaired) electrons. The van der Waals surface area contributed by atoms with Gasteiger partial charge in [-0.05, 0) is 17.7 Å². The summed E-state index contributed by atoms with van der Waals surface area (Å²) in [6, 6.07) is 3.39. The molecule has 0 saturated heterocycles. The first-order valence-electron chi connectivity index (χ1n) is 7.21. The highest BCUT2D eigenvalue weighted by molar-refractivity contribution is 8.76. The molecule has 0 aromatic heterocycles. The molecule has 1 aromatic carbocycles. The first-order valence-corrected chi connectivity index (χ1v) is 9.70. The number of esters is 1. The Kier molecular flexibility index (Phi) is 9.18. The Hall–Kier alpha value is -1.80. The molecular formula is C16H21NO5S2. The van der Waals surface area contributed by atoms with Crippen molar-refractivity contribution in [3.8, 4) is 11.5 Å². The molecule has 0 aliphatic rings. The number of benzene rings is 1. The Morgan fingerprint density at radius 3 is 2.71 bits per heavy atom. The molecule has 1 atom stereocenters. The zero-order chi connectivity index (χ0) is 17.9. The second kappa shape index (κ2) is 10.9. The quantitative estimate of drug-likeness (QED) is 0.191. The van der Waals surface area contributed by atoms with Crippen LogP contribution in [0.4, 0.5) is 0 Å². The molecule has 0 fully saturated rings. The predicted molar refractivity (Wildman–Crippen MR) is 97.2 cm³/mol. The number of methoxy groups -OCH3 is 1. The van der Waals surface area contributed by atoms with E-state index in [1.54, 1.807) is 33.7 Å². The summed E-state index contributed by atoms with van der Waals surface area (Å²) in [7, 11) is 4.42. The van der Waals surface area contributed by atoms with Gasteiger partial charge in [-0.15, -0.1) is 6.58 Å². The van der Waals surface area contributed by atoms with Gasteiger partial charge in [0.05, 0.1) is 7.11 Å². The summed E-state index contributed by atoms with van der Waals surface area (Å²) in [5.74, 6) is 0.0915. The van der Waals surface area contributed by atoms with E-state index in [9.17, 15) is 19.8 Å². The van der Waals surface area contributed by atoms with Gasteiger partial charge in [-0.3, -0.25) is 4.79 Å². The van der Waals surface area contributed by atoms with Gasteiger partial charge in [0, 0.05) is 24.3 Å². The fourth-order valence-electron chi connectivity index (χ4n) is 1.82. The van der Waals surface area contributed by atoms with Crippen molar-refractivity contribution < 1.29 is 24.5 Å². The third-order valence-corrected chi connectivity index (χ3v) is 5.30. The minimum absolute atomic E-state index is 0.157. The van der Waals surface area contributed by atoms with Gasteiger partial charge in [-0.2, -0.15) is 0 Å². The molecular weight excluding hydrogens is 350 g/mol. The van der Waals surface area contributed by atoms with Crippen molar-refractivity contribution in [1.29, 1.82) is 0 Å². The lowest BCUT2D eigenvalue weighted by Crippen LogP contribution is -2.43. The largest absolute Gasteiger partial charge is 0.504 e. The second-order valence-corrected chi connectivity index (χ2v) is 7.44. The fourth-order valence-corrected chi connectivity index (χ4v) is 3.58. The summed E-state index contributed by atoms with van der Waals surface area (Å²) in [4.78, 5) is 23.8. The highest BCUT2D eigenvalue weighted by Crippen LogP contribution is 2.25. The lowest BCUT2D eigenvalue weighted by atomic mass is 10.1. The molecule has 0 spiro atoms. The summed E-state index contributed by atoms with van der Waals surface area (Å²) in [5.41, 5.74) is 0.594. The number of ether oxygens (including phenoxy) is 1. The maximum Gasteiger partial charge on any atom is 0.328 e. The number of hydrogen-bond donors (Lipinski definition) is 3. The maximum absolute atomic E-state index is 12.0. The lowest BCUT2D eigenvalue weighted by Gasteiger charge is -2.17. The van der Waals surface area contributed by atoms with Crippen LogP contribution in [-0.2, 0) is 20.7 Å².